The minimum absolute atomic E-state index is 0.239. The second kappa shape index (κ2) is 11.3. The summed E-state index contributed by atoms with van der Waals surface area (Å²) in [4.78, 5) is 47.3. The van der Waals surface area contributed by atoms with Crippen molar-refractivity contribution < 1.29 is 14.3 Å². The van der Waals surface area contributed by atoms with Crippen LogP contribution in [0.1, 0.15) is 67.0 Å². The highest BCUT2D eigenvalue weighted by molar-refractivity contribution is 5.83. The largest absolute Gasteiger partial charge is 0.444 e. The predicted molar refractivity (Wildman–Crippen MR) is 150 cm³/mol. The summed E-state index contributed by atoms with van der Waals surface area (Å²) in [5.74, 6) is 0.715. The first-order chi connectivity index (χ1) is 18.4. The lowest BCUT2D eigenvalue weighted by atomic mass is 10.1. The number of benzene rings is 1. The molecule has 1 aliphatic heterocycles. The van der Waals surface area contributed by atoms with Crippen molar-refractivity contribution in [2.75, 3.05) is 10.6 Å². The Balaban J connectivity index is 1.40. The van der Waals surface area contributed by atoms with Crippen molar-refractivity contribution in [3.05, 3.63) is 80.7 Å². The zero-order valence-electron chi connectivity index (χ0n) is 23.3. The second-order valence-electron chi connectivity index (χ2n) is 11.0. The van der Waals surface area contributed by atoms with E-state index in [0.717, 1.165) is 22.3 Å². The van der Waals surface area contributed by atoms with Crippen molar-refractivity contribution >= 4 is 23.5 Å². The number of amides is 2. The number of hydrogen-bond donors (Lipinski definition) is 3. The average Bonchev–Trinajstić information content (AvgIpc) is 3.26. The number of aromatic nitrogens is 3. The number of anilines is 2. The Morgan fingerprint density at radius 1 is 1.08 bits per heavy atom. The van der Waals surface area contributed by atoms with Crippen LogP contribution in [0.5, 0.6) is 0 Å². The molecule has 3 N–H and O–H groups in total. The Hall–Kier alpha value is -4.21. The maximum Gasteiger partial charge on any atom is 0.413 e. The van der Waals surface area contributed by atoms with Crippen LogP contribution in [0.15, 0.2) is 41.3 Å². The quantitative estimate of drug-likeness (QED) is 0.413. The van der Waals surface area contributed by atoms with Gasteiger partial charge in [0.15, 0.2) is 0 Å². The molecule has 206 valence electrons. The number of carbonyl (C=O) groups excluding carboxylic acids is 2. The van der Waals surface area contributed by atoms with Crippen molar-refractivity contribution in [3.8, 4) is 0 Å². The van der Waals surface area contributed by atoms with Gasteiger partial charge in [-0.1, -0.05) is 35.4 Å². The van der Waals surface area contributed by atoms with E-state index in [1.54, 1.807) is 46.0 Å². The second-order valence-corrected chi connectivity index (χ2v) is 11.0. The molecule has 0 saturated heterocycles. The fourth-order valence-corrected chi connectivity index (χ4v) is 4.70. The summed E-state index contributed by atoms with van der Waals surface area (Å²) in [5.41, 5.74) is 4.35. The van der Waals surface area contributed by atoms with Gasteiger partial charge in [-0.25, -0.2) is 14.8 Å². The third-order valence-electron chi connectivity index (χ3n) is 6.37. The molecule has 3 aromatic rings. The van der Waals surface area contributed by atoms with Gasteiger partial charge in [0.2, 0.25) is 5.91 Å². The van der Waals surface area contributed by atoms with Crippen LogP contribution in [-0.2, 0) is 29.0 Å². The standard InChI is InChI=1S/C29H36N6O4/c1-17-11-18(2)13-20(12-17)14-30-22-16-31-25-10-8-23(35(25)27(22)37)26(36)32-15-21-7-9-24(33-19(21)3)34-28(38)39-29(4,5)6/h7,9,11-13,16,23,30H,8,10,14-15H2,1-6H3,(H,32,36)(H,33,34,38)/t23-/m0/s1. The number of fused-ring (bicyclic) bond motifs is 1. The van der Waals surface area contributed by atoms with Crippen molar-refractivity contribution in [2.24, 2.45) is 0 Å². The molecule has 0 saturated carbocycles. The number of nitrogens with one attached hydrogen (secondary N) is 3. The van der Waals surface area contributed by atoms with Gasteiger partial charge >= 0.3 is 6.09 Å². The van der Waals surface area contributed by atoms with E-state index >= 15 is 0 Å². The zero-order chi connectivity index (χ0) is 28.3. The Morgan fingerprint density at radius 3 is 2.46 bits per heavy atom. The van der Waals surface area contributed by atoms with Gasteiger partial charge in [0.1, 0.15) is 29.0 Å². The molecule has 3 heterocycles. The van der Waals surface area contributed by atoms with E-state index in [9.17, 15) is 14.4 Å². The molecule has 0 fully saturated rings. The van der Waals surface area contributed by atoms with E-state index in [1.165, 1.54) is 4.57 Å². The highest BCUT2D eigenvalue weighted by atomic mass is 16.6. The molecule has 0 spiro atoms. The predicted octanol–water partition coefficient (Wildman–Crippen LogP) is 4.33. The Bertz CT molecular complexity index is 1440. The SMILES string of the molecule is Cc1cc(C)cc(CNc2cnc3n(c2=O)[C@H](C(=O)NCc2ccc(NC(=O)OC(C)(C)C)nc2C)CC3)c1. The monoisotopic (exact) mass is 532 g/mol. The van der Waals surface area contributed by atoms with E-state index in [2.05, 4.69) is 44.1 Å². The molecular weight excluding hydrogens is 496 g/mol. The number of aryl methyl sites for hydroxylation is 4. The van der Waals surface area contributed by atoms with Crippen LogP contribution in [-0.4, -0.2) is 32.1 Å². The van der Waals surface area contributed by atoms with Gasteiger partial charge in [0.05, 0.1) is 6.20 Å². The molecule has 4 rings (SSSR count). The maximum absolute atomic E-state index is 13.3. The summed E-state index contributed by atoms with van der Waals surface area (Å²) in [6.45, 7) is 12.0. The van der Waals surface area contributed by atoms with Gasteiger partial charge in [0.25, 0.3) is 5.56 Å². The van der Waals surface area contributed by atoms with E-state index in [4.69, 9.17) is 4.74 Å². The molecule has 0 unspecified atom stereocenters. The highest BCUT2D eigenvalue weighted by Gasteiger charge is 2.31. The summed E-state index contributed by atoms with van der Waals surface area (Å²) < 4.78 is 6.76. The first kappa shape index (κ1) is 27.8. The van der Waals surface area contributed by atoms with Crippen molar-refractivity contribution in [3.63, 3.8) is 0 Å². The highest BCUT2D eigenvalue weighted by Crippen LogP contribution is 2.24. The fourth-order valence-electron chi connectivity index (χ4n) is 4.70. The molecule has 2 aromatic heterocycles. The van der Waals surface area contributed by atoms with Crippen molar-refractivity contribution in [1.29, 1.82) is 0 Å². The van der Waals surface area contributed by atoms with Gasteiger partial charge in [-0.05, 0) is 65.2 Å². The third kappa shape index (κ3) is 7.01. The molecular formula is C29H36N6O4. The summed E-state index contributed by atoms with van der Waals surface area (Å²) in [7, 11) is 0. The summed E-state index contributed by atoms with van der Waals surface area (Å²) in [6.07, 6.45) is 2.03. The Kier molecular flexibility index (Phi) is 8.03. The minimum atomic E-state index is -0.635. The molecule has 2 amide bonds. The normalized spacial score (nSPS) is 14.5. The first-order valence-corrected chi connectivity index (χ1v) is 13.1. The lowest BCUT2D eigenvalue weighted by Gasteiger charge is -2.19. The molecule has 0 radical (unpaired) electrons. The van der Waals surface area contributed by atoms with Gasteiger partial charge < -0.3 is 15.4 Å². The zero-order valence-corrected chi connectivity index (χ0v) is 23.3. The summed E-state index contributed by atoms with van der Waals surface area (Å²) in [5, 5.41) is 8.74. The number of pyridine rings is 1. The number of hydrogen-bond acceptors (Lipinski definition) is 7. The molecule has 10 nitrogen and oxygen atoms in total. The minimum Gasteiger partial charge on any atom is -0.444 e. The topological polar surface area (TPSA) is 127 Å². The van der Waals surface area contributed by atoms with E-state index < -0.39 is 17.7 Å². The molecule has 1 atom stereocenters. The fraction of sp³-hybridized carbons (Fsp3) is 0.414. The van der Waals surface area contributed by atoms with Gasteiger partial charge in [0, 0.05) is 25.2 Å². The Labute approximate surface area is 228 Å². The lowest BCUT2D eigenvalue weighted by Crippen LogP contribution is -2.36. The van der Waals surface area contributed by atoms with Crippen molar-refractivity contribution in [2.45, 2.75) is 79.1 Å². The molecule has 1 aliphatic rings. The van der Waals surface area contributed by atoms with Crippen LogP contribution in [0.3, 0.4) is 0 Å². The molecule has 0 bridgehead atoms. The Morgan fingerprint density at radius 2 is 1.79 bits per heavy atom. The molecule has 0 aliphatic carbocycles. The maximum atomic E-state index is 13.3. The van der Waals surface area contributed by atoms with E-state index in [1.807, 2.05) is 13.8 Å². The van der Waals surface area contributed by atoms with E-state index in [0.29, 0.717) is 42.4 Å². The molecule has 1 aromatic carbocycles. The number of ether oxygens (including phenoxy) is 1. The van der Waals surface area contributed by atoms with Gasteiger partial charge in [-0.2, -0.15) is 0 Å². The molecule has 10 heteroatoms. The van der Waals surface area contributed by atoms with Gasteiger partial charge in [-0.3, -0.25) is 19.5 Å². The van der Waals surface area contributed by atoms with Crippen LogP contribution < -0.4 is 21.5 Å². The number of rotatable bonds is 7. The molecule has 39 heavy (non-hydrogen) atoms. The van der Waals surface area contributed by atoms with Gasteiger partial charge in [-0.15, -0.1) is 0 Å². The van der Waals surface area contributed by atoms with Crippen LogP contribution in [0.2, 0.25) is 0 Å². The number of carbonyl (C=O) groups is 2. The van der Waals surface area contributed by atoms with E-state index in [-0.39, 0.29) is 18.0 Å². The first-order valence-electron chi connectivity index (χ1n) is 13.1. The lowest BCUT2D eigenvalue weighted by molar-refractivity contribution is -0.124. The van der Waals surface area contributed by atoms with Crippen molar-refractivity contribution in [1.82, 2.24) is 19.9 Å². The van der Waals surface area contributed by atoms with Crippen LogP contribution in [0.25, 0.3) is 0 Å². The van der Waals surface area contributed by atoms with Crippen LogP contribution in [0.4, 0.5) is 16.3 Å². The third-order valence-corrected chi connectivity index (χ3v) is 6.37. The van der Waals surface area contributed by atoms with Crippen LogP contribution >= 0.6 is 0 Å². The number of nitrogens with zero attached hydrogens (tertiary/aromatic N) is 3. The average molecular weight is 533 g/mol. The summed E-state index contributed by atoms with van der Waals surface area (Å²) >= 11 is 0. The smallest absolute Gasteiger partial charge is 0.413 e. The summed E-state index contributed by atoms with van der Waals surface area (Å²) in [6, 6.07) is 9.07. The van der Waals surface area contributed by atoms with Crippen LogP contribution in [0, 0.1) is 20.8 Å².